The topological polar surface area (TPSA) is 48.1 Å². The lowest BCUT2D eigenvalue weighted by Crippen LogP contribution is -2.40. The lowest BCUT2D eigenvalue weighted by atomic mass is 9.87. The zero-order valence-corrected chi connectivity index (χ0v) is 17.4. The fraction of sp³-hybridized carbons (Fsp3) is 0.375. The van der Waals surface area contributed by atoms with E-state index >= 15 is 0 Å². The van der Waals surface area contributed by atoms with Gasteiger partial charge in [0.25, 0.3) is 0 Å². The van der Waals surface area contributed by atoms with Crippen molar-refractivity contribution in [2.45, 2.75) is 46.1 Å². The minimum atomic E-state index is -0.0118. The lowest BCUT2D eigenvalue weighted by molar-refractivity contribution is 0.196. The molecule has 4 nitrogen and oxygen atoms in total. The number of benzene rings is 2. The van der Waals surface area contributed by atoms with Crippen molar-refractivity contribution >= 4 is 16.9 Å². The molecular weight excluding hydrogens is 346 g/mol. The van der Waals surface area contributed by atoms with Crippen LogP contribution in [0.5, 0.6) is 0 Å². The molecule has 0 spiro atoms. The number of hydrogen-bond acceptors (Lipinski definition) is 1. The summed E-state index contributed by atoms with van der Waals surface area (Å²) in [6.45, 7) is 10.5. The minimum absolute atomic E-state index is 0.0118. The Balaban J connectivity index is 1.73. The van der Waals surface area contributed by atoms with Gasteiger partial charge >= 0.3 is 6.03 Å². The maximum atomic E-state index is 12.6. The fourth-order valence-corrected chi connectivity index (χ4v) is 3.44. The van der Waals surface area contributed by atoms with Crippen LogP contribution in [0.25, 0.3) is 10.9 Å². The second kappa shape index (κ2) is 8.51. The van der Waals surface area contributed by atoms with Crippen molar-refractivity contribution in [1.29, 1.82) is 0 Å². The van der Waals surface area contributed by atoms with Gasteiger partial charge in [-0.05, 0) is 41.5 Å². The van der Waals surface area contributed by atoms with Gasteiger partial charge < -0.3 is 15.2 Å². The van der Waals surface area contributed by atoms with Crippen molar-refractivity contribution in [3.8, 4) is 0 Å². The van der Waals surface area contributed by atoms with Crippen LogP contribution in [0.4, 0.5) is 4.79 Å². The molecule has 0 bridgehead atoms. The molecule has 4 heteroatoms. The first-order valence-corrected chi connectivity index (χ1v) is 10.1. The van der Waals surface area contributed by atoms with E-state index in [2.05, 4.69) is 79.7 Å². The summed E-state index contributed by atoms with van der Waals surface area (Å²) in [5, 5.41) is 4.18. The van der Waals surface area contributed by atoms with Gasteiger partial charge in [0.05, 0.1) is 0 Å². The number of carbonyl (C=O) groups is 1. The van der Waals surface area contributed by atoms with E-state index in [4.69, 9.17) is 0 Å². The quantitative estimate of drug-likeness (QED) is 0.606. The monoisotopic (exact) mass is 377 g/mol. The summed E-state index contributed by atoms with van der Waals surface area (Å²) in [5.41, 5.74) is 4.97. The predicted octanol–water partition coefficient (Wildman–Crippen LogP) is 5.24. The summed E-state index contributed by atoms with van der Waals surface area (Å²) in [5.74, 6) is 0. The molecule has 0 unspecified atom stereocenters. The highest BCUT2D eigenvalue weighted by Gasteiger charge is 2.16. The number of aromatic amines is 1. The number of rotatable bonds is 6. The van der Waals surface area contributed by atoms with Gasteiger partial charge in [-0.25, -0.2) is 4.79 Å². The molecule has 0 aliphatic rings. The molecule has 1 heterocycles. The Morgan fingerprint density at radius 3 is 2.46 bits per heavy atom. The number of carbonyl (C=O) groups excluding carboxylic acids is 1. The molecule has 28 heavy (non-hydrogen) atoms. The first-order valence-electron chi connectivity index (χ1n) is 10.1. The second-order valence-corrected chi connectivity index (χ2v) is 8.31. The van der Waals surface area contributed by atoms with E-state index in [9.17, 15) is 4.79 Å². The van der Waals surface area contributed by atoms with Crippen molar-refractivity contribution in [3.63, 3.8) is 0 Å². The molecule has 0 radical (unpaired) electrons. The van der Waals surface area contributed by atoms with Gasteiger partial charge in [0, 0.05) is 36.7 Å². The Morgan fingerprint density at radius 2 is 1.79 bits per heavy atom. The van der Waals surface area contributed by atoms with Gasteiger partial charge in [-0.2, -0.15) is 0 Å². The van der Waals surface area contributed by atoms with Gasteiger partial charge in [-0.1, -0.05) is 63.2 Å². The number of urea groups is 1. The van der Waals surface area contributed by atoms with Crippen LogP contribution in [-0.2, 0) is 18.4 Å². The molecule has 0 aliphatic heterocycles. The van der Waals surface area contributed by atoms with Crippen LogP contribution in [0.15, 0.2) is 54.7 Å². The number of fused-ring (bicyclic) bond motifs is 1. The van der Waals surface area contributed by atoms with E-state index in [1.54, 1.807) is 0 Å². The molecule has 2 aromatic carbocycles. The predicted molar refractivity (Wildman–Crippen MR) is 117 cm³/mol. The van der Waals surface area contributed by atoms with Gasteiger partial charge in [-0.15, -0.1) is 0 Å². The number of amides is 2. The Hall–Kier alpha value is -2.75. The van der Waals surface area contributed by atoms with Crippen LogP contribution in [0, 0.1) is 0 Å². The van der Waals surface area contributed by atoms with E-state index in [1.807, 2.05) is 17.9 Å². The summed E-state index contributed by atoms with van der Waals surface area (Å²) in [7, 11) is 0. The Labute approximate surface area is 167 Å². The number of para-hydroxylation sites is 1. The molecule has 0 aliphatic carbocycles. The Bertz CT molecular complexity index is 919. The fourth-order valence-electron chi connectivity index (χ4n) is 3.44. The molecule has 0 saturated heterocycles. The van der Waals surface area contributed by atoms with E-state index in [1.165, 1.54) is 16.5 Å². The van der Waals surface area contributed by atoms with Gasteiger partial charge in [0.15, 0.2) is 0 Å². The van der Waals surface area contributed by atoms with Crippen molar-refractivity contribution in [1.82, 2.24) is 15.2 Å². The van der Waals surface area contributed by atoms with Gasteiger partial charge in [-0.3, -0.25) is 0 Å². The molecule has 148 valence electrons. The molecule has 2 amide bonds. The number of nitrogens with one attached hydrogen (secondary N) is 2. The van der Waals surface area contributed by atoms with Crippen molar-refractivity contribution < 1.29 is 4.79 Å². The highest BCUT2D eigenvalue weighted by Crippen LogP contribution is 2.23. The number of hydrogen-bond donors (Lipinski definition) is 2. The molecule has 3 aromatic rings. The number of nitrogens with zero attached hydrogens (tertiary/aromatic N) is 1. The smallest absolute Gasteiger partial charge is 0.317 e. The molecule has 0 fully saturated rings. The molecule has 0 atom stereocenters. The number of H-pyrrole nitrogens is 1. The third-order valence-electron chi connectivity index (χ3n) is 5.13. The third kappa shape index (κ3) is 4.75. The van der Waals surface area contributed by atoms with E-state index in [-0.39, 0.29) is 11.4 Å². The maximum absolute atomic E-state index is 12.6. The summed E-state index contributed by atoms with van der Waals surface area (Å²) < 4.78 is 0. The zero-order valence-electron chi connectivity index (χ0n) is 17.4. The summed E-state index contributed by atoms with van der Waals surface area (Å²) in [6, 6.07) is 16.9. The molecule has 3 rings (SSSR count). The third-order valence-corrected chi connectivity index (χ3v) is 5.13. The SMILES string of the molecule is CCNC(=O)N(CCc1c[nH]c2ccccc12)Cc1ccc(C(C)(C)C)cc1. The maximum Gasteiger partial charge on any atom is 0.317 e. The van der Waals surface area contributed by atoms with Crippen LogP contribution in [0.1, 0.15) is 44.4 Å². The van der Waals surface area contributed by atoms with Crippen LogP contribution in [0.2, 0.25) is 0 Å². The molecule has 1 aromatic heterocycles. The lowest BCUT2D eigenvalue weighted by Gasteiger charge is -2.24. The van der Waals surface area contributed by atoms with Crippen molar-refractivity contribution in [3.05, 3.63) is 71.4 Å². The average molecular weight is 378 g/mol. The second-order valence-electron chi connectivity index (χ2n) is 8.31. The van der Waals surface area contributed by atoms with Crippen LogP contribution >= 0.6 is 0 Å². The van der Waals surface area contributed by atoms with Crippen LogP contribution in [0.3, 0.4) is 0 Å². The van der Waals surface area contributed by atoms with Crippen molar-refractivity contribution in [2.24, 2.45) is 0 Å². The normalized spacial score (nSPS) is 11.6. The summed E-state index contributed by atoms with van der Waals surface area (Å²) in [6.07, 6.45) is 2.87. The molecule has 2 N–H and O–H groups in total. The zero-order chi connectivity index (χ0) is 20.1. The summed E-state index contributed by atoms with van der Waals surface area (Å²) >= 11 is 0. The molecular formula is C24H31N3O. The summed E-state index contributed by atoms with van der Waals surface area (Å²) in [4.78, 5) is 17.8. The average Bonchev–Trinajstić information content (AvgIpc) is 3.08. The van der Waals surface area contributed by atoms with Crippen molar-refractivity contribution in [2.75, 3.05) is 13.1 Å². The van der Waals surface area contributed by atoms with Gasteiger partial charge in [0.1, 0.15) is 0 Å². The Morgan fingerprint density at radius 1 is 1.07 bits per heavy atom. The first-order chi connectivity index (χ1) is 13.4. The van der Waals surface area contributed by atoms with Gasteiger partial charge in [0.2, 0.25) is 0 Å². The van der Waals surface area contributed by atoms with Crippen LogP contribution < -0.4 is 5.32 Å². The largest absolute Gasteiger partial charge is 0.361 e. The van der Waals surface area contributed by atoms with Crippen LogP contribution in [-0.4, -0.2) is 29.0 Å². The van der Waals surface area contributed by atoms with E-state index < -0.39 is 0 Å². The molecule has 0 saturated carbocycles. The first kappa shape index (κ1) is 20.0. The Kier molecular flexibility index (Phi) is 6.08. The highest BCUT2D eigenvalue weighted by molar-refractivity contribution is 5.83. The number of aromatic nitrogens is 1. The standard InChI is InChI=1S/C24H31N3O/c1-5-25-23(28)27(17-18-10-12-20(13-11-18)24(2,3)4)15-14-19-16-26-22-9-7-6-8-21(19)22/h6-13,16,26H,5,14-15,17H2,1-4H3,(H,25,28). The van der Waals surface area contributed by atoms with E-state index in [0.717, 1.165) is 17.5 Å². The van der Waals surface area contributed by atoms with E-state index in [0.29, 0.717) is 19.6 Å². The highest BCUT2D eigenvalue weighted by atomic mass is 16.2. The minimum Gasteiger partial charge on any atom is -0.361 e.